The van der Waals surface area contributed by atoms with Crippen molar-refractivity contribution in [3.8, 4) is 5.75 Å². The number of ether oxygens (including phenoxy) is 1. The molecular formula is C24H34N2O7. The molecule has 0 aliphatic heterocycles. The number of carbonyl (C=O) groups excluding carboxylic acids is 1. The molecule has 0 amide bonds. The molecule has 2 rings (SSSR count). The second-order valence-electron chi connectivity index (χ2n) is 8.45. The summed E-state index contributed by atoms with van der Waals surface area (Å²) < 4.78 is 4.94. The summed E-state index contributed by atoms with van der Waals surface area (Å²) in [6.07, 6.45) is -0.607. The van der Waals surface area contributed by atoms with E-state index in [0.29, 0.717) is 6.61 Å². The molecule has 0 heterocycles. The lowest BCUT2D eigenvalue weighted by atomic mass is 10.1. The number of benzene rings is 2. The minimum atomic E-state index is -0.990. The molecule has 0 saturated carbocycles. The molecule has 0 spiro atoms. The van der Waals surface area contributed by atoms with E-state index in [1.54, 1.807) is 32.9 Å². The number of hydroxylamine groups is 1. The van der Waals surface area contributed by atoms with Crippen LogP contribution in [-0.2, 0) is 32.2 Å². The summed E-state index contributed by atoms with van der Waals surface area (Å²) in [6.45, 7) is 6.99. The number of phenolic OH excluding ortho intramolecular Hbond substituents is 1. The molecule has 0 fully saturated rings. The molecular weight excluding hydrogens is 428 g/mol. The highest BCUT2D eigenvalue weighted by atomic mass is 16.6. The van der Waals surface area contributed by atoms with Crippen molar-refractivity contribution in [2.45, 2.75) is 64.5 Å². The van der Waals surface area contributed by atoms with E-state index >= 15 is 0 Å². The molecule has 0 aliphatic carbocycles. The number of aromatic hydroxyl groups is 1. The Bertz CT molecular complexity index is 849. The van der Waals surface area contributed by atoms with Crippen LogP contribution in [-0.4, -0.2) is 51.0 Å². The van der Waals surface area contributed by atoms with Crippen LogP contribution < -0.4 is 11.2 Å². The number of nitrogens with one attached hydrogen (secondary N) is 1. The van der Waals surface area contributed by atoms with Crippen molar-refractivity contribution in [2.24, 2.45) is 5.73 Å². The van der Waals surface area contributed by atoms with Crippen LogP contribution in [0.3, 0.4) is 0 Å². The van der Waals surface area contributed by atoms with Crippen molar-refractivity contribution in [1.82, 2.24) is 5.48 Å². The highest BCUT2D eigenvalue weighted by molar-refractivity contribution is 5.76. The molecule has 0 aromatic heterocycles. The van der Waals surface area contributed by atoms with Crippen LogP contribution in [0.1, 0.15) is 38.8 Å². The van der Waals surface area contributed by atoms with E-state index in [0.717, 1.165) is 11.1 Å². The van der Waals surface area contributed by atoms with Crippen molar-refractivity contribution in [2.75, 3.05) is 0 Å². The number of nitrogens with two attached hydrogens (primary N) is 1. The Morgan fingerprint density at radius 3 is 2.09 bits per heavy atom. The van der Waals surface area contributed by atoms with E-state index in [-0.39, 0.29) is 12.2 Å². The maximum absolute atomic E-state index is 11.2. The molecule has 3 unspecified atom stereocenters. The zero-order valence-corrected chi connectivity index (χ0v) is 19.4. The van der Waals surface area contributed by atoms with Crippen LogP contribution in [0.4, 0.5) is 0 Å². The topological polar surface area (TPSA) is 151 Å². The number of hydrogen-bond donors (Lipinski definition) is 5. The second kappa shape index (κ2) is 13.5. The van der Waals surface area contributed by atoms with E-state index in [1.807, 2.05) is 30.3 Å². The molecule has 9 nitrogen and oxygen atoms in total. The Morgan fingerprint density at radius 1 is 1.03 bits per heavy atom. The first kappa shape index (κ1) is 28.1. The zero-order chi connectivity index (χ0) is 25.0. The van der Waals surface area contributed by atoms with E-state index in [1.165, 1.54) is 19.1 Å². The average Bonchev–Trinajstić information content (AvgIpc) is 2.73. The number of hydrogen-bond acceptors (Lipinski definition) is 8. The Kier molecular flexibility index (Phi) is 11.5. The van der Waals surface area contributed by atoms with Crippen molar-refractivity contribution in [3.05, 3.63) is 65.7 Å². The third-order valence-corrected chi connectivity index (χ3v) is 4.18. The fourth-order valence-corrected chi connectivity index (χ4v) is 2.41. The van der Waals surface area contributed by atoms with Gasteiger partial charge in [0.2, 0.25) is 0 Å². The lowest BCUT2D eigenvalue weighted by molar-refractivity contribution is -0.159. The van der Waals surface area contributed by atoms with Gasteiger partial charge in [0, 0.05) is 6.42 Å². The maximum Gasteiger partial charge on any atom is 0.326 e. The maximum atomic E-state index is 11.2. The van der Waals surface area contributed by atoms with Crippen LogP contribution in [0, 0.1) is 0 Å². The second-order valence-corrected chi connectivity index (χ2v) is 8.45. The summed E-state index contributed by atoms with van der Waals surface area (Å²) in [5, 5.41) is 27.4. The van der Waals surface area contributed by atoms with Gasteiger partial charge >= 0.3 is 11.9 Å². The van der Waals surface area contributed by atoms with Crippen LogP contribution in [0.2, 0.25) is 0 Å². The third kappa shape index (κ3) is 12.0. The van der Waals surface area contributed by atoms with E-state index in [4.69, 9.17) is 20.4 Å². The van der Waals surface area contributed by atoms with Crippen LogP contribution in [0.15, 0.2) is 54.6 Å². The molecule has 0 radical (unpaired) electrons. The Hall–Kier alpha value is -2.98. The number of aliphatic hydroxyl groups is 1. The number of rotatable bonds is 9. The van der Waals surface area contributed by atoms with Gasteiger partial charge in [-0.15, -0.1) is 0 Å². The number of aliphatic hydroxyl groups excluding tert-OH is 1. The Morgan fingerprint density at radius 2 is 1.61 bits per heavy atom. The van der Waals surface area contributed by atoms with E-state index in [9.17, 15) is 19.8 Å². The first-order valence-electron chi connectivity index (χ1n) is 10.5. The van der Waals surface area contributed by atoms with Gasteiger partial charge in [-0.1, -0.05) is 42.5 Å². The molecule has 0 saturated heterocycles. The average molecular weight is 463 g/mol. The summed E-state index contributed by atoms with van der Waals surface area (Å²) in [4.78, 5) is 27.6. The number of phenols is 1. The van der Waals surface area contributed by atoms with Gasteiger partial charge < -0.3 is 25.8 Å². The normalized spacial score (nSPS) is 13.8. The largest absolute Gasteiger partial charge is 0.508 e. The predicted octanol–water partition coefficient (Wildman–Crippen LogP) is 2.15. The quantitative estimate of drug-likeness (QED) is 0.279. The van der Waals surface area contributed by atoms with Crippen molar-refractivity contribution >= 4 is 11.9 Å². The first-order valence-corrected chi connectivity index (χ1v) is 10.5. The molecule has 0 bridgehead atoms. The summed E-state index contributed by atoms with van der Waals surface area (Å²) in [6, 6.07) is 14.1. The minimum absolute atomic E-state index is 0.152. The van der Waals surface area contributed by atoms with Crippen LogP contribution in [0.5, 0.6) is 5.75 Å². The molecule has 3 atom stereocenters. The predicted molar refractivity (Wildman–Crippen MR) is 123 cm³/mol. The molecule has 6 N–H and O–H groups in total. The molecule has 2 aromatic rings. The lowest BCUT2D eigenvalue weighted by Gasteiger charge is -2.23. The molecule has 0 aliphatic rings. The first-order chi connectivity index (χ1) is 15.4. The van der Waals surface area contributed by atoms with Gasteiger partial charge in [-0.05, 0) is 51.0 Å². The summed E-state index contributed by atoms with van der Waals surface area (Å²) >= 11 is 0. The standard InChI is InChI=1S/C16H17NO4.C8H17NO3/c18-14-8-6-12(7-9-14)10-15(16(19)20)17-21-11-13-4-2-1-3-5-13;1-5(10)6(9)7(11)12-8(2,3)4/h1-9,15,17-18H,10-11H2,(H,19,20);5-6,10H,9H2,1-4H3. The number of esters is 1. The molecule has 182 valence electrons. The fraction of sp³-hybridized carbons (Fsp3) is 0.417. The number of carboxylic acids is 1. The summed E-state index contributed by atoms with van der Waals surface area (Å²) in [5.41, 5.74) is 9.12. The highest BCUT2D eigenvalue weighted by Gasteiger charge is 2.25. The van der Waals surface area contributed by atoms with Gasteiger partial charge in [-0.3, -0.25) is 14.4 Å². The smallest absolute Gasteiger partial charge is 0.326 e. The zero-order valence-electron chi connectivity index (χ0n) is 19.4. The third-order valence-electron chi connectivity index (χ3n) is 4.18. The van der Waals surface area contributed by atoms with Gasteiger partial charge in [0.25, 0.3) is 0 Å². The van der Waals surface area contributed by atoms with Crippen LogP contribution >= 0.6 is 0 Å². The molecule has 33 heavy (non-hydrogen) atoms. The van der Waals surface area contributed by atoms with E-state index in [2.05, 4.69) is 5.48 Å². The highest BCUT2D eigenvalue weighted by Crippen LogP contribution is 2.12. The minimum Gasteiger partial charge on any atom is -0.508 e. The number of carboxylic acid groups (broad SMARTS) is 1. The monoisotopic (exact) mass is 462 g/mol. The SMILES string of the molecule is CC(O)C(N)C(=O)OC(C)(C)C.O=C(O)C(Cc1ccc(O)cc1)NOCc1ccccc1. The van der Waals surface area contributed by atoms with Gasteiger partial charge in [-0.2, -0.15) is 5.48 Å². The molecule has 9 heteroatoms. The fourth-order valence-electron chi connectivity index (χ4n) is 2.41. The molecule has 2 aromatic carbocycles. The number of carbonyl (C=O) groups is 2. The van der Waals surface area contributed by atoms with Gasteiger partial charge in [0.1, 0.15) is 23.4 Å². The number of aliphatic carboxylic acids is 1. The van der Waals surface area contributed by atoms with E-state index < -0.39 is 35.7 Å². The van der Waals surface area contributed by atoms with Gasteiger partial charge in [-0.25, -0.2) is 0 Å². The lowest BCUT2D eigenvalue weighted by Crippen LogP contribution is -2.44. The van der Waals surface area contributed by atoms with Gasteiger partial charge in [0.05, 0.1) is 12.7 Å². The van der Waals surface area contributed by atoms with Crippen molar-refractivity contribution in [1.29, 1.82) is 0 Å². The Labute approximate surface area is 194 Å². The van der Waals surface area contributed by atoms with Crippen LogP contribution in [0.25, 0.3) is 0 Å². The van der Waals surface area contributed by atoms with Crippen molar-refractivity contribution in [3.63, 3.8) is 0 Å². The summed E-state index contributed by atoms with van der Waals surface area (Å²) in [5.74, 6) is -1.41. The summed E-state index contributed by atoms with van der Waals surface area (Å²) in [7, 11) is 0. The van der Waals surface area contributed by atoms with Crippen molar-refractivity contribution < 1.29 is 34.5 Å². The van der Waals surface area contributed by atoms with Gasteiger partial charge in [0.15, 0.2) is 0 Å². The Balaban J connectivity index is 0.000000389.